The van der Waals surface area contributed by atoms with E-state index in [0.29, 0.717) is 6.42 Å². The van der Waals surface area contributed by atoms with Gasteiger partial charge in [-0.1, -0.05) is 103 Å². The second-order valence-corrected chi connectivity index (χ2v) is 16.5. The average molecular weight is 884 g/mol. The number of aliphatic hydroxyl groups excluding tert-OH is 11. The number of unbranched alkanes of at least 4 members (excludes halogenated alkanes) is 13. The summed E-state index contributed by atoms with van der Waals surface area (Å²) in [5.41, 5.74) is 0. The summed E-state index contributed by atoms with van der Waals surface area (Å²) >= 11 is 0. The second kappa shape index (κ2) is 29.1. The molecule has 0 spiro atoms. The number of hydrogen-bond donors (Lipinski definition) is 12. The Morgan fingerprint density at radius 1 is 0.574 bits per heavy atom. The minimum atomic E-state index is -1.97. The molecule has 3 aliphatic heterocycles. The van der Waals surface area contributed by atoms with Crippen molar-refractivity contribution < 1.29 is 89.4 Å². The normalized spacial score (nSPS) is 35.7. The predicted octanol–water partition coefficient (Wildman–Crippen LogP) is -0.865. The van der Waals surface area contributed by atoms with Crippen LogP contribution in [0.3, 0.4) is 0 Å². The summed E-state index contributed by atoms with van der Waals surface area (Å²) in [4.78, 5) is 13.0. The van der Waals surface area contributed by atoms with Crippen LogP contribution in [0.25, 0.3) is 0 Å². The fraction of sp³-hybridized carbons (Fsp3) is 0.929. The van der Waals surface area contributed by atoms with Crippen LogP contribution < -0.4 is 5.32 Å². The van der Waals surface area contributed by atoms with Crippen molar-refractivity contribution in [3.05, 3.63) is 12.2 Å². The lowest BCUT2D eigenvalue weighted by Gasteiger charge is -2.48. The van der Waals surface area contributed by atoms with Crippen molar-refractivity contribution in [2.24, 2.45) is 0 Å². The van der Waals surface area contributed by atoms with E-state index in [1.165, 1.54) is 38.5 Å². The molecule has 3 heterocycles. The van der Waals surface area contributed by atoms with E-state index in [4.69, 9.17) is 28.4 Å². The molecule has 0 aliphatic carbocycles. The van der Waals surface area contributed by atoms with Crippen LogP contribution in [0.5, 0.6) is 0 Å². The number of rotatable bonds is 29. The van der Waals surface area contributed by atoms with Crippen LogP contribution in [0.1, 0.15) is 117 Å². The van der Waals surface area contributed by atoms with E-state index in [1.807, 2.05) is 6.08 Å². The van der Waals surface area contributed by atoms with E-state index in [1.54, 1.807) is 6.08 Å². The molecule has 358 valence electrons. The van der Waals surface area contributed by atoms with Gasteiger partial charge in [0.05, 0.1) is 38.6 Å². The summed E-state index contributed by atoms with van der Waals surface area (Å²) in [7, 11) is 0. The molecule has 0 aromatic heterocycles. The number of aliphatic hydroxyl groups is 11. The molecule has 3 fully saturated rings. The quantitative estimate of drug-likeness (QED) is 0.0321. The van der Waals surface area contributed by atoms with E-state index in [0.717, 1.165) is 51.4 Å². The highest BCUT2D eigenvalue weighted by molar-refractivity contribution is 5.76. The molecule has 0 radical (unpaired) electrons. The molecule has 12 N–H and O–H groups in total. The molecule has 0 saturated carbocycles. The van der Waals surface area contributed by atoms with E-state index in [2.05, 4.69) is 19.2 Å². The number of carbonyl (C=O) groups is 1. The Morgan fingerprint density at radius 2 is 1.02 bits per heavy atom. The molecule has 19 nitrogen and oxygen atoms in total. The highest BCUT2D eigenvalue weighted by Crippen LogP contribution is 2.33. The summed E-state index contributed by atoms with van der Waals surface area (Å²) < 4.78 is 33.9. The van der Waals surface area contributed by atoms with Crippen LogP contribution in [0.2, 0.25) is 0 Å². The van der Waals surface area contributed by atoms with Crippen LogP contribution in [0.4, 0.5) is 0 Å². The molecule has 17 unspecified atom stereocenters. The van der Waals surface area contributed by atoms with Gasteiger partial charge in [-0.15, -0.1) is 0 Å². The van der Waals surface area contributed by atoms with Crippen LogP contribution in [-0.4, -0.2) is 193 Å². The lowest BCUT2D eigenvalue weighted by atomic mass is 9.96. The van der Waals surface area contributed by atoms with E-state index in [-0.39, 0.29) is 18.9 Å². The molecule has 0 bridgehead atoms. The molecule has 0 aromatic carbocycles. The first-order valence-electron chi connectivity index (χ1n) is 22.4. The molecule has 3 saturated heterocycles. The van der Waals surface area contributed by atoms with Gasteiger partial charge in [-0.05, 0) is 19.3 Å². The van der Waals surface area contributed by atoms with Crippen LogP contribution >= 0.6 is 0 Å². The molecular weight excluding hydrogens is 806 g/mol. The first kappa shape index (κ1) is 53.9. The predicted molar refractivity (Wildman–Crippen MR) is 217 cm³/mol. The minimum Gasteiger partial charge on any atom is -0.394 e. The van der Waals surface area contributed by atoms with Crippen molar-refractivity contribution >= 4 is 5.91 Å². The molecule has 17 atom stereocenters. The Morgan fingerprint density at radius 3 is 1.54 bits per heavy atom. The zero-order valence-electron chi connectivity index (χ0n) is 35.9. The third-order valence-electron chi connectivity index (χ3n) is 11.6. The first-order valence-corrected chi connectivity index (χ1v) is 22.4. The van der Waals surface area contributed by atoms with Crippen molar-refractivity contribution in [1.29, 1.82) is 0 Å². The van der Waals surface area contributed by atoms with Gasteiger partial charge in [0.1, 0.15) is 73.2 Å². The standard InChI is InChI=1S/C42H77NO18/c1-3-5-7-9-11-13-15-17-19-26(47)25(43-30(48)20-18-16-14-12-10-8-6-4-2)24-56-40-36(54)33(51)38(28(22-45)58-40)61-42-37(55)34(52)39(29(23-46)59-42)60-41-35(53)32(50)31(49)27(21-44)57-41/h17,19,25-29,31-42,44-47,49-55H,3-16,18,20-24H2,1-2H3,(H,43,48)/b19-17+. The van der Waals surface area contributed by atoms with Crippen molar-refractivity contribution in [3.8, 4) is 0 Å². The Balaban J connectivity index is 1.62. The number of allylic oxidation sites excluding steroid dienone is 1. The van der Waals surface area contributed by atoms with E-state index >= 15 is 0 Å². The van der Waals surface area contributed by atoms with Crippen LogP contribution in [0.15, 0.2) is 12.2 Å². The Kier molecular flexibility index (Phi) is 25.7. The Labute approximate surface area is 359 Å². The summed E-state index contributed by atoms with van der Waals surface area (Å²) in [6, 6.07) is -0.960. The third kappa shape index (κ3) is 16.8. The second-order valence-electron chi connectivity index (χ2n) is 16.5. The maximum Gasteiger partial charge on any atom is 0.220 e. The van der Waals surface area contributed by atoms with Gasteiger partial charge in [-0.3, -0.25) is 4.79 Å². The first-order chi connectivity index (χ1) is 29.3. The SMILES string of the molecule is CCCCCCCC/C=C/C(O)C(COC1OC(CO)C(OC2OC(CO)C(OC3OC(CO)C(O)C(O)C3O)C(O)C2O)C(O)C1O)NC(=O)CCCCCCCCCC. The van der Waals surface area contributed by atoms with Crippen molar-refractivity contribution in [2.75, 3.05) is 26.4 Å². The summed E-state index contributed by atoms with van der Waals surface area (Å²) in [5, 5.41) is 119. The fourth-order valence-electron chi connectivity index (χ4n) is 7.72. The molecular formula is C42H77NO18. The lowest BCUT2D eigenvalue weighted by Crippen LogP contribution is -2.66. The number of ether oxygens (including phenoxy) is 6. The molecule has 1 amide bonds. The average Bonchev–Trinajstić information content (AvgIpc) is 3.25. The fourth-order valence-corrected chi connectivity index (χ4v) is 7.72. The minimum absolute atomic E-state index is 0.244. The van der Waals surface area contributed by atoms with E-state index < -0.39 is 124 Å². The molecule has 3 rings (SSSR count). The number of amides is 1. The zero-order valence-corrected chi connectivity index (χ0v) is 35.9. The number of nitrogens with one attached hydrogen (secondary N) is 1. The maximum absolute atomic E-state index is 13.0. The highest BCUT2D eigenvalue weighted by atomic mass is 16.8. The molecule has 3 aliphatic rings. The number of carbonyl (C=O) groups excluding carboxylic acids is 1. The van der Waals surface area contributed by atoms with E-state index in [9.17, 15) is 61.0 Å². The summed E-state index contributed by atoms with van der Waals surface area (Å²) in [6.45, 7) is 1.56. The van der Waals surface area contributed by atoms with Gasteiger partial charge < -0.3 is 89.9 Å². The highest BCUT2D eigenvalue weighted by Gasteiger charge is 2.53. The van der Waals surface area contributed by atoms with Gasteiger partial charge in [0.25, 0.3) is 0 Å². The topological polar surface area (TPSA) is 307 Å². The zero-order chi connectivity index (χ0) is 44.9. The Hall–Kier alpha value is -1.47. The monoisotopic (exact) mass is 884 g/mol. The molecule has 0 aromatic rings. The number of hydrogen-bond acceptors (Lipinski definition) is 18. The van der Waals surface area contributed by atoms with Crippen molar-refractivity contribution in [2.45, 2.75) is 221 Å². The third-order valence-corrected chi connectivity index (χ3v) is 11.6. The lowest BCUT2D eigenvalue weighted by molar-refractivity contribution is -0.379. The Bertz CT molecular complexity index is 1200. The largest absolute Gasteiger partial charge is 0.394 e. The van der Waals surface area contributed by atoms with Gasteiger partial charge in [0.2, 0.25) is 5.91 Å². The van der Waals surface area contributed by atoms with Gasteiger partial charge in [-0.2, -0.15) is 0 Å². The maximum atomic E-state index is 13.0. The summed E-state index contributed by atoms with van der Waals surface area (Å²) in [5.74, 6) is -0.287. The summed E-state index contributed by atoms with van der Waals surface area (Å²) in [6.07, 6.45) is -7.17. The van der Waals surface area contributed by atoms with Gasteiger partial charge >= 0.3 is 0 Å². The van der Waals surface area contributed by atoms with Crippen LogP contribution in [0, 0.1) is 0 Å². The van der Waals surface area contributed by atoms with Gasteiger partial charge in [0.15, 0.2) is 18.9 Å². The van der Waals surface area contributed by atoms with Crippen molar-refractivity contribution in [3.63, 3.8) is 0 Å². The molecule has 61 heavy (non-hydrogen) atoms. The van der Waals surface area contributed by atoms with Gasteiger partial charge in [0, 0.05) is 6.42 Å². The van der Waals surface area contributed by atoms with Crippen molar-refractivity contribution in [1.82, 2.24) is 5.32 Å². The van der Waals surface area contributed by atoms with Crippen LogP contribution in [-0.2, 0) is 33.2 Å². The smallest absolute Gasteiger partial charge is 0.220 e. The molecule has 19 heteroatoms. The van der Waals surface area contributed by atoms with Gasteiger partial charge in [-0.25, -0.2) is 0 Å².